The minimum atomic E-state index is 0.112. The lowest BCUT2D eigenvalue weighted by Gasteiger charge is -2.56. The summed E-state index contributed by atoms with van der Waals surface area (Å²) in [7, 11) is 0. The minimum Gasteiger partial charge on any atom is -0.508 e. The van der Waals surface area contributed by atoms with Crippen molar-refractivity contribution in [3.63, 3.8) is 0 Å². The fraction of sp³-hybridized carbons (Fsp3) is 0.632. The predicted octanol–water partition coefficient (Wildman–Crippen LogP) is 3.27. The Morgan fingerprint density at radius 3 is 2.14 bits per heavy atom. The summed E-state index contributed by atoms with van der Waals surface area (Å²) >= 11 is 0. The first-order valence-electron chi connectivity index (χ1n) is 8.65. The Morgan fingerprint density at radius 2 is 1.59 bits per heavy atom. The predicted molar refractivity (Wildman–Crippen MR) is 85.4 cm³/mol. The summed E-state index contributed by atoms with van der Waals surface area (Å²) in [5.74, 6) is 3.15. The van der Waals surface area contributed by atoms with Gasteiger partial charge >= 0.3 is 0 Å². The monoisotopic (exact) mass is 299 g/mol. The lowest BCUT2D eigenvalue weighted by atomic mass is 9.49. The van der Waals surface area contributed by atoms with Crippen LogP contribution in [0.1, 0.15) is 44.1 Å². The Labute approximate surface area is 132 Å². The molecule has 0 spiro atoms. The smallest absolute Gasteiger partial charge is 0.224 e. The van der Waals surface area contributed by atoms with E-state index in [4.69, 9.17) is 0 Å². The van der Waals surface area contributed by atoms with E-state index in [0.717, 1.165) is 29.9 Å². The number of nitrogens with one attached hydrogen (secondary N) is 1. The van der Waals surface area contributed by atoms with E-state index in [2.05, 4.69) is 5.32 Å². The fourth-order valence-corrected chi connectivity index (χ4v) is 5.65. The van der Waals surface area contributed by atoms with Crippen molar-refractivity contribution < 1.29 is 9.90 Å². The summed E-state index contributed by atoms with van der Waals surface area (Å²) < 4.78 is 0. The highest BCUT2D eigenvalue weighted by Crippen LogP contribution is 2.59. The summed E-state index contributed by atoms with van der Waals surface area (Å²) in [5.41, 5.74) is 1.36. The Morgan fingerprint density at radius 1 is 1.05 bits per heavy atom. The fourth-order valence-electron chi connectivity index (χ4n) is 5.65. The van der Waals surface area contributed by atoms with E-state index in [-0.39, 0.29) is 11.7 Å². The van der Waals surface area contributed by atoms with E-state index in [1.807, 2.05) is 12.1 Å². The Balaban J connectivity index is 1.34. The van der Waals surface area contributed by atoms with Crippen molar-refractivity contribution in [3.05, 3.63) is 29.8 Å². The molecule has 4 saturated carbocycles. The highest BCUT2D eigenvalue weighted by atomic mass is 16.3. The molecule has 0 atom stereocenters. The second kappa shape index (κ2) is 5.29. The summed E-state index contributed by atoms with van der Waals surface area (Å²) in [4.78, 5) is 12.2. The molecule has 1 aromatic rings. The maximum Gasteiger partial charge on any atom is 0.224 e. The largest absolute Gasteiger partial charge is 0.508 e. The molecule has 4 bridgehead atoms. The van der Waals surface area contributed by atoms with Gasteiger partial charge in [0.25, 0.3) is 0 Å². The summed E-state index contributed by atoms with van der Waals surface area (Å²) in [6.45, 7) is 0.868. The molecule has 3 heteroatoms. The average molecular weight is 299 g/mol. The first kappa shape index (κ1) is 14.1. The molecular weight excluding hydrogens is 274 g/mol. The molecule has 4 fully saturated rings. The first-order chi connectivity index (χ1) is 10.6. The summed E-state index contributed by atoms with van der Waals surface area (Å²) in [6, 6.07) is 6.92. The second-order valence-electron chi connectivity index (χ2n) is 8.04. The number of amides is 1. The molecule has 4 aliphatic rings. The lowest BCUT2D eigenvalue weighted by Crippen LogP contribution is -2.51. The second-order valence-corrected chi connectivity index (χ2v) is 8.04. The van der Waals surface area contributed by atoms with Crippen LogP contribution in [-0.4, -0.2) is 17.6 Å². The molecule has 118 valence electrons. The van der Waals surface area contributed by atoms with Gasteiger partial charge in [0.1, 0.15) is 5.75 Å². The van der Waals surface area contributed by atoms with Crippen molar-refractivity contribution in [2.24, 2.45) is 23.2 Å². The molecule has 1 aromatic carbocycles. The zero-order valence-electron chi connectivity index (χ0n) is 13.1. The molecule has 3 nitrogen and oxygen atoms in total. The van der Waals surface area contributed by atoms with Crippen LogP contribution < -0.4 is 5.32 Å². The van der Waals surface area contributed by atoms with Crippen molar-refractivity contribution in [3.8, 4) is 5.75 Å². The van der Waals surface area contributed by atoms with E-state index < -0.39 is 0 Å². The molecule has 0 aliphatic heterocycles. The van der Waals surface area contributed by atoms with Crippen molar-refractivity contribution in [1.29, 1.82) is 0 Å². The SMILES string of the molecule is O=C(Cc1ccc(O)cc1)NCC12CC3CC(CC(C3)C1)C2. The molecule has 22 heavy (non-hydrogen) atoms. The quantitative estimate of drug-likeness (QED) is 0.896. The van der Waals surface area contributed by atoms with Crippen LogP contribution in [0.2, 0.25) is 0 Å². The van der Waals surface area contributed by atoms with Crippen LogP contribution in [0.3, 0.4) is 0 Å². The summed E-state index contributed by atoms with van der Waals surface area (Å²) in [5, 5.41) is 12.5. The highest BCUT2D eigenvalue weighted by molar-refractivity contribution is 5.78. The molecule has 2 N–H and O–H groups in total. The summed E-state index contributed by atoms with van der Waals surface area (Å²) in [6.07, 6.45) is 8.74. The third-order valence-electron chi connectivity index (χ3n) is 6.13. The van der Waals surface area contributed by atoms with E-state index in [9.17, 15) is 9.90 Å². The lowest BCUT2D eigenvalue weighted by molar-refractivity contribution is -0.122. The van der Waals surface area contributed by atoms with E-state index in [1.54, 1.807) is 12.1 Å². The molecule has 0 aromatic heterocycles. The van der Waals surface area contributed by atoms with Gasteiger partial charge in [0.15, 0.2) is 0 Å². The van der Waals surface area contributed by atoms with Crippen LogP contribution in [0.5, 0.6) is 5.75 Å². The first-order valence-corrected chi connectivity index (χ1v) is 8.65. The van der Waals surface area contributed by atoms with Crippen LogP contribution >= 0.6 is 0 Å². The van der Waals surface area contributed by atoms with Gasteiger partial charge in [0.05, 0.1) is 6.42 Å². The van der Waals surface area contributed by atoms with Crippen LogP contribution in [0.25, 0.3) is 0 Å². The number of hydrogen-bond acceptors (Lipinski definition) is 2. The van der Waals surface area contributed by atoms with Crippen LogP contribution in [0.15, 0.2) is 24.3 Å². The van der Waals surface area contributed by atoms with Crippen LogP contribution in [0.4, 0.5) is 0 Å². The van der Waals surface area contributed by atoms with E-state index >= 15 is 0 Å². The number of rotatable bonds is 4. The highest BCUT2D eigenvalue weighted by Gasteiger charge is 2.50. The standard InChI is InChI=1S/C19H25NO2/c21-17-3-1-13(2-4-17)8-18(22)20-12-19-9-14-5-15(10-19)7-16(6-14)11-19/h1-4,14-16,21H,5-12H2,(H,20,22). The molecule has 0 radical (unpaired) electrons. The molecule has 0 unspecified atom stereocenters. The number of carbonyl (C=O) groups is 1. The Kier molecular flexibility index (Phi) is 3.39. The maximum atomic E-state index is 12.2. The van der Waals surface area contributed by atoms with Gasteiger partial charge in [0, 0.05) is 6.54 Å². The Hall–Kier alpha value is -1.51. The van der Waals surface area contributed by atoms with Gasteiger partial charge in [-0.1, -0.05) is 12.1 Å². The van der Waals surface area contributed by atoms with Gasteiger partial charge in [-0.25, -0.2) is 0 Å². The van der Waals surface area contributed by atoms with Gasteiger partial charge < -0.3 is 10.4 Å². The zero-order chi connectivity index (χ0) is 15.2. The Bertz CT molecular complexity index is 528. The molecule has 4 aliphatic carbocycles. The van der Waals surface area contributed by atoms with E-state index in [1.165, 1.54) is 38.5 Å². The van der Waals surface area contributed by atoms with Crippen molar-refractivity contribution in [2.75, 3.05) is 6.54 Å². The van der Waals surface area contributed by atoms with Gasteiger partial charge in [-0.05, 0) is 79.4 Å². The van der Waals surface area contributed by atoms with Crippen LogP contribution in [0, 0.1) is 23.2 Å². The molecule has 0 heterocycles. The van der Waals surface area contributed by atoms with Gasteiger partial charge in [-0.2, -0.15) is 0 Å². The minimum absolute atomic E-state index is 0.112. The van der Waals surface area contributed by atoms with Gasteiger partial charge in [-0.3, -0.25) is 4.79 Å². The van der Waals surface area contributed by atoms with Gasteiger partial charge in [0.2, 0.25) is 5.91 Å². The van der Waals surface area contributed by atoms with Crippen molar-refractivity contribution in [1.82, 2.24) is 5.32 Å². The maximum absolute atomic E-state index is 12.2. The third kappa shape index (κ3) is 2.73. The van der Waals surface area contributed by atoms with Crippen LogP contribution in [-0.2, 0) is 11.2 Å². The number of carbonyl (C=O) groups excluding carboxylic acids is 1. The molecule has 0 saturated heterocycles. The molecular formula is C19H25NO2. The number of hydrogen-bond donors (Lipinski definition) is 2. The number of phenols is 1. The average Bonchev–Trinajstić information content (AvgIpc) is 2.46. The topological polar surface area (TPSA) is 49.3 Å². The van der Waals surface area contributed by atoms with Gasteiger partial charge in [-0.15, -0.1) is 0 Å². The zero-order valence-corrected chi connectivity index (χ0v) is 13.1. The molecule has 1 amide bonds. The molecule has 5 rings (SSSR count). The normalized spacial score (nSPS) is 35.5. The van der Waals surface area contributed by atoms with E-state index in [0.29, 0.717) is 11.8 Å². The number of benzene rings is 1. The number of aromatic hydroxyl groups is 1. The number of phenolic OH excluding ortho intramolecular Hbond substituents is 1. The van der Waals surface area contributed by atoms with Crippen molar-refractivity contribution in [2.45, 2.75) is 44.9 Å². The third-order valence-corrected chi connectivity index (χ3v) is 6.13. The van der Waals surface area contributed by atoms with Crippen molar-refractivity contribution >= 4 is 5.91 Å².